The SMILES string of the molecule is O=C(Cc1cc(-c2ccccc2)on1)N1CCc2c(ncn2C2CC2)C1. The van der Waals surface area contributed by atoms with Crippen LogP contribution in [-0.4, -0.2) is 32.1 Å². The summed E-state index contributed by atoms with van der Waals surface area (Å²) in [4.78, 5) is 19.1. The van der Waals surface area contributed by atoms with Crippen molar-refractivity contribution in [2.24, 2.45) is 0 Å². The maximum atomic E-state index is 12.7. The molecule has 2 aliphatic rings. The van der Waals surface area contributed by atoms with E-state index in [1.165, 1.54) is 18.5 Å². The first-order chi connectivity index (χ1) is 12.8. The van der Waals surface area contributed by atoms with Crippen molar-refractivity contribution in [2.75, 3.05) is 6.54 Å². The van der Waals surface area contributed by atoms with Gasteiger partial charge in [0.2, 0.25) is 5.91 Å². The molecule has 26 heavy (non-hydrogen) atoms. The quantitative estimate of drug-likeness (QED) is 0.727. The molecular formula is C20H20N4O2. The van der Waals surface area contributed by atoms with Crippen LogP contribution in [0.2, 0.25) is 0 Å². The molecule has 0 atom stereocenters. The van der Waals surface area contributed by atoms with Crippen molar-refractivity contribution in [3.63, 3.8) is 0 Å². The van der Waals surface area contributed by atoms with E-state index >= 15 is 0 Å². The molecule has 0 N–H and O–H groups in total. The van der Waals surface area contributed by atoms with E-state index in [0.29, 0.717) is 24.0 Å². The Morgan fingerprint density at radius 2 is 2.08 bits per heavy atom. The normalized spacial score (nSPS) is 16.5. The molecule has 6 heteroatoms. The Hall–Kier alpha value is -2.89. The van der Waals surface area contributed by atoms with E-state index in [-0.39, 0.29) is 12.3 Å². The van der Waals surface area contributed by atoms with Gasteiger partial charge in [0.25, 0.3) is 0 Å². The third-order valence-electron chi connectivity index (χ3n) is 5.18. The van der Waals surface area contributed by atoms with Crippen LogP contribution in [-0.2, 0) is 24.2 Å². The van der Waals surface area contributed by atoms with Gasteiger partial charge in [0, 0.05) is 36.3 Å². The summed E-state index contributed by atoms with van der Waals surface area (Å²) in [5, 5.41) is 4.07. The number of amides is 1. The van der Waals surface area contributed by atoms with Crippen LogP contribution >= 0.6 is 0 Å². The monoisotopic (exact) mass is 348 g/mol. The standard InChI is InChI=1S/C20H20N4O2/c25-20(11-15-10-19(26-22-15)14-4-2-1-3-5-14)23-9-8-18-17(12-23)21-13-24(18)16-6-7-16/h1-5,10,13,16H,6-9,11-12H2. The fraction of sp³-hybridized carbons (Fsp3) is 0.350. The first kappa shape index (κ1) is 15.4. The van der Waals surface area contributed by atoms with Gasteiger partial charge >= 0.3 is 0 Å². The molecule has 3 aromatic rings. The van der Waals surface area contributed by atoms with Gasteiger partial charge in [0.05, 0.1) is 30.7 Å². The summed E-state index contributed by atoms with van der Waals surface area (Å²) in [7, 11) is 0. The van der Waals surface area contributed by atoms with Gasteiger partial charge in [-0.15, -0.1) is 0 Å². The molecule has 3 heterocycles. The summed E-state index contributed by atoms with van der Waals surface area (Å²) in [6, 6.07) is 12.3. The van der Waals surface area contributed by atoms with E-state index in [4.69, 9.17) is 4.52 Å². The zero-order chi connectivity index (χ0) is 17.5. The highest BCUT2D eigenvalue weighted by molar-refractivity contribution is 5.79. The second kappa shape index (κ2) is 6.12. The summed E-state index contributed by atoms with van der Waals surface area (Å²) < 4.78 is 7.70. The maximum Gasteiger partial charge on any atom is 0.229 e. The van der Waals surface area contributed by atoms with Crippen LogP contribution in [0.5, 0.6) is 0 Å². The first-order valence-corrected chi connectivity index (χ1v) is 9.11. The van der Waals surface area contributed by atoms with Crippen LogP contribution < -0.4 is 0 Å². The molecule has 0 unspecified atom stereocenters. The van der Waals surface area contributed by atoms with E-state index in [0.717, 1.165) is 24.2 Å². The van der Waals surface area contributed by atoms with Crippen LogP contribution in [0.3, 0.4) is 0 Å². The predicted molar refractivity (Wildman–Crippen MR) is 95.3 cm³/mol. The first-order valence-electron chi connectivity index (χ1n) is 9.11. The van der Waals surface area contributed by atoms with Gasteiger partial charge in [-0.3, -0.25) is 4.79 Å². The van der Waals surface area contributed by atoms with Gasteiger partial charge in [-0.05, 0) is 12.8 Å². The predicted octanol–water partition coefficient (Wildman–Crippen LogP) is 3.00. The third-order valence-corrected chi connectivity index (χ3v) is 5.18. The van der Waals surface area contributed by atoms with Crippen molar-refractivity contribution < 1.29 is 9.32 Å². The molecule has 1 fully saturated rings. The average molecular weight is 348 g/mol. The highest BCUT2D eigenvalue weighted by atomic mass is 16.5. The van der Waals surface area contributed by atoms with Crippen LogP contribution in [0, 0.1) is 0 Å². The second-order valence-electron chi connectivity index (χ2n) is 7.07. The molecular weight excluding hydrogens is 328 g/mol. The van der Waals surface area contributed by atoms with Crippen molar-refractivity contribution >= 4 is 5.91 Å². The molecule has 1 saturated carbocycles. The molecule has 6 nitrogen and oxygen atoms in total. The van der Waals surface area contributed by atoms with E-state index in [1.54, 1.807) is 0 Å². The largest absolute Gasteiger partial charge is 0.356 e. The smallest absolute Gasteiger partial charge is 0.229 e. The van der Waals surface area contributed by atoms with Gasteiger partial charge in [-0.1, -0.05) is 35.5 Å². The second-order valence-corrected chi connectivity index (χ2v) is 7.07. The zero-order valence-electron chi connectivity index (χ0n) is 14.5. The zero-order valence-corrected chi connectivity index (χ0v) is 14.5. The molecule has 5 rings (SSSR count). The lowest BCUT2D eigenvalue weighted by molar-refractivity contribution is -0.131. The van der Waals surface area contributed by atoms with Gasteiger partial charge in [0.15, 0.2) is 5.76 Å². The number of hydrogen-bond acceptors (Lipinski definition) is 4. The highest BCUT2D eigenvalue weighted by Gasteiger charge is 2.30. The molecule has 1 amide bonds. The molecule has 0 bridgehead atoms. The molecule has 0 radical (unpaired) electrons. The molecule has 0 saturated heterocycles. The molecule has 2 aromatic heterocycles. The Balaban J connectivity index is 1.27. The Labute approximate surface area is 151 Å². The number of hydrogen-bond donors (Lipinski definition) is 0. The van der Waals surface area contributed by atoms with Crippen LogP contribution in [0.25, 0.3) is 11.3 Å². The number of fused-ring (bicyclic) bond motifs is 1. The summed E-state index contributed by atoms with van der Waals surface area (Å²) in [5.41, 5.74) is 3.99. The van der Waals surface area contributed by atoms with E-state index in [2.05, 4.69) is 14.7 Å². The van der Waals surface area contributed by atoms with Gasteiger partial charge < -0.3 is 14.0 Å². The molecule has 1 aliphatic heterocycles. The maximum absolute atomic E-state index is 12.7. The Morgan fingerprint density at radius 1 is 1.23 bits per heavy atom. The fourth-order valence-electron chi connectivity index (χ4n) is 3.61. The van der Waals surface area contributed by atoms with E-state index < -0.39 is 0 Å². The Bertz CT molecular complexity index is 940. The molecule has 1 aromatic carbocycles. The molecule has 132 valence electrons. The minimum atomic E-state index is 0.0736. The summed E-state index contributed by atoms with van der Waals surface area (Å²) in [6.45, 7) is 1.34. The summed E-state index contributed by atoms with van der Waals surface area (Å²) >= 11 is 0. The van der Waals surface area contributed by atoms with Gasteiger partial charge in [0.1, 0.15) is 0 Å². The number of nitrogens with zero attached hydrogens (tertiary/aromatic N) is 4. The van der Waals surface area contributed by atoms with Gasteiger partial charge in [-0.2, -0.15) is 0 Å². The number of carbonyl (C=O) groups excluding carboxylic acids is 1. The number of aromatic nitrogens is 3. The van der Waals surface area contributed by atoms with E-state index in [9.17, 15) is 4.79 Å². The van der Waals surface area contributed by atoms with Crippen LogP contribution in [0.15, 0.2) is 47.2 Å². The lowest BCUT2D eigenvalue weighted by Gasteiger charge is -2.27. The van der Waals surface area contributed by atoms with Crippen molar-refractivity contribution in [3.8, 4) is 11.3 Å². The summed E-state index contributed by atoms with van der Waals surface area (Å²) in [6.07, 6.45) is 5.59. The van der Waals surface area contributed by atoms with Crippen LogP contribution in [0.1, 0.15) is 36.0 Å². The lowest BCUT2D eigenvalue weighted by Crippen LogP contribution is -2.37. The fourth-order valence-corrected chi connectivity index (χ4v) is 3.61. The Kier molecular flexibility index (Phi) is 3.62. The van der Waals surface area contributed by atoms with Gasteiger partial charge in [-0.25, -0.2) is 4.98 Å². The summed E-state index contributed by atoms with van der Waals surface area (Å²) in [5.74, 6) is 0.766. The lowest BCUT2D eigenvalue weighted by atomic mass is 10.1. The van der Waals surface area contributed by atoms with Crippen molar-refractivity contribution in [3.05, 3.63) is 59.8 Å². The van der Waals surface area contributed by atoms with Crippen LogP contribution in [0.4, 0.5) is 0 Å². The average Bonchev–Trinajstić information content (AvgIpc) is 3.26. The molecule has 0 spiro atoms. The minimum absolute atomic E-state index is 0.0736. The number of rotatable bonds is 4. The Morgan fingerprint density at radius 3 is 2.88 bits per heavy atom. The number of carbonyl (C=O) groups is 1. The molecule has 1 aliphatic carbocycles. The topological polar surface area (TPSA) is 64.2 Å². The van der Waals surface area contributed by atoms with Crippen molar-refractivity contribution in [2.45, 2.75) is 38.3 Å². The number of imidazole rings is 1. The van der Waals surface area contributed by atoms with Crippen molar-refractivity contribution in [1.82, 2.24) is 19.6 Å². The minimum Gasteiger partial charge on any atom is -0.356 e. The number of benzene rings is 1. The van der Waals surface area contributed by atoms with E-state index in [1.807, 2.05) is 47.6 Å². The third kappa shape index (κ3) is 2.81. The van der Waals surface area contributed by atoms with Crippen molar-refractivity contribution in [1.29, 1.82) is 0 Å². The highest BCUT2D eigenvalue weighted by Crippen LogP contribution is 2.37.